The van der Waals surface area contributed by atoms with E-state index >= 15 is 0 Å². The number of sulfonamides is 1. The molecule has 1 saturated carbocycles. The first kappa shape index (κ1) is 16.9. The second-order valence-electron chi connectivity index (χ2n) is 8.24. The van der Waals surface area contributed by atoms with Crippen molar-refractivity contribution < 1.29 is 13.2 Å². The molecule has 0 N–H and O–H groups in total. The lowest BCUT2D eigenvalue weighted by atomic mass is 9.73. The topological polar surface area (TPSA) is 59.0 Å². The van der Waals surface area contributed by atoms with Crippen LogP contribution in [0.2, 0.25) is 0 Å². The number of aryl methyl sites for hydroxylation is 1. The minimum Gasteiger partial charge on any atom is -0.462 e. The molecule has 0 bridgehead atoms. The fourth-order valence-electron chi connectivity index (χ4n) is 4.50. The van der Waals surface area contributed by atoms with Crippen molar-refractivity contribution in [1.29, 1.82) is 0 Å². The lowest BCUT2D eigenvalue weighted by Crippen LogP contribution is -2.54. The van der Waals surface area contributed by atoms with E-state index in [0.717, 1.165) is 18.5 Å². The molecule has 1 aromatic carbocycles. The monoisotopic (exact) mass is 362 g/mol. The van der Waals surface area contributed by atoms with Crippen molar-refractivity contribution in [2.75, 3.05) is 13.2 Å². The van der Waals surface area contributed by atoms with E-state index in [9.17, 15) is 8.42 Å². The third-order valence-corrected chi connectivity index (χ3v) is 7.53. The molecule has 5 nitrogen and oxygen atoms in total. The average Bonchev–Trinajstić information content (AvgIpc) is 3.15. The molecular formula is C19H26N2O3S. The van der Waals surface area contributed by atoms with E-state index in [1.54, 1.807) is 24.3 Å². The molecule has 3 aliphatic rings. The van der Waals surface area contributed by atoms with Gasteiger partial charge in [0, 0.05) is 6.54 Å². The van der Waals surface area contributed by atoms with E-state index in [4.69, 9.17) is 4.74 Å². The summed E-state index contributed by atoms with van der Waals surface area (Å²) in [7, 11) is -3.75. The molecule has 4 rings (SSSR count). The van der Waals surface area contributed by atoms with Crippen LogP contribution in [-0.4, -0.2) is 38.0 Å². The first-order valence-electron chi connectivity index (χ1n) is 9.14. The summed E-state index contributed by atoms with van der Waals surface area (Å²) in [6.07, 6.45) is 7.27. The zero-order valence-electron chi connectivity index (χ0n) is 15.0. The number of ether oxygens (including phenoxy) is 1. The summed E-state index contributed by atoms with van der Waals surface area (Å²) in [5.41, 5.74) is 1.22. The Morgan fingerprint density at radius 1 is 1.08 bits per heavy atom. The molecular weight excluding hydrogens is 336 g/mol. The van der Waals surface area contributed by atoms with Crippen LogP contribution in [0.25, 0.3) is 0 Å². The molecule has 0 aromatic heterocycles. The maximum absolute atomic E-state index is 12.7. The predicted octanol–water partition coefficient (Wildman–Crippen LogP) is 3.48. The highest BCUT2D eigenvalue weighted by atomic mass is 32.2. The number of rotatable bonds is 2. The number of hydrogen-bond donors (Lipinski definition) is 0. The smallest absolute Gasteiger partial charge is 0.304 e. The molecule has 0 radical (unpaired) electrons. The van der Waals surface area contributed by atoms with Crippen molar-refractivity contribution in [3.05, 3.63) is 29.8 Å². The summed E-state index contributed by atoms with van der Waals surface area (Å²) in [5.74, 6) is 0. The Labute approximate surface area is 150 Å². The van der Waals surface area contributed by atoms with Crippen LogP contribution in [0.1, 0.15) is 51.0 Å². The van der Waals surface area contributed by atoms with Crippen molar-refractivity contribution in [1.82, 2.24) is 4.90 Å². The summed E-state index contributed by atoms with van der Waals surface area (Å²) in [6, 6.07) is 7.09. The van der Waals surface area contributed by atoms with Gasteiger partial charge in [-0.3, -0.25) is 0 Å². The summed E-state index contributed by atoms with van der Waals surface area (Å²) < 4.78 is 35.3. The number of fused-ring (bicyclic) bond motifs is 1. The maximum Gasteiger partial charge on any atom is 0.304 e. The van der Waals surface area contributed by atoms with Gasteiger partial charge in [0.15, 0.2) is 0 Å². The molecule has 2 aliphatic heterocycles. The molecule has 1 aromatic rings. The quantitative estimate of drug-likeness (QED) is 0.808. The van der Waals surface area contributed by atoms with Gasteiger partial charge in [-0.15, -0.1) is 4.40 Å². The van der Waals surface area contributed by atoms with Crippen molar-refractivity contribution in [2.24, 2.45) is 9.81 Å². The second kappa shape index (κ2) is 5.73. The zero-order chi connectivity index (χ0) is 17.7. The van der Waals surface area contributed by atoms with Gasteiger partial charge in [-0.1, -0.05) is 30.5 Å². The first-order valence-corrected chi connectivity index (χ1v) is 10.6. The Morgan fingerprint density at radius 3 is 2.44 bits per heavy atom. The highest BCUT2D eigenvalue weighted by Crippen LogP contribution is 2.50. The van der Waals surface area contributed by atoms with Gasteiger partial charge >= 0.3 is 6.02 Å². The third-order valence-electron chi connectivity index (χ3n) is 6.26. The molecule has 136 valence electrons. The molecule has 2 heterocycles. The lowest BCUT2D eigenvalue weighted by molar-refractivity contribution is 0.0550. The van der Waals surface area contributed by atoms with Crippen LogP contribution in [0.3, 0.4) is 0 Å². The Morgan fingerprint density at radius 2 is 1.76 bits per heavy atom. The molecule has 1 unspecified atom stereocenters. The summed E-state index contributed by atoms with van der Waals surface area (Å²) in [4.78, 5) is 2.35. The van der Waals surface area contributed by atoms with Crippen LogP contribution in [0, 0.1) is 12.3 Å². The van der Waals surface area contributed by atoms with E-state index in [1.807, 2.05) is 6.92 Å². The molecule has 0 amide bonds. The van der Waals surface area contributed by atoms with Crippen LogP contribution < -0.4 is 0 Å². The van der Waals surface area contributed by atoms with Crippen LogP contribution in [0.15, 0.2) is 33.6 Å². The van der Waals surface area contributed by atoms with E-state index in [0.29, 0.717) is 12.0 Å². The van der Waals surface area contributed by atoms with Crippen LogP contribution in [0.4, 0.5) is 0 Å². The second-order valence-corrected chi connectivity index (χ2v) is 9.84. The molecule has 1 atom stereocenters. The Balaban J connectivity index is 1.65. The summed E-state index contributed by atoms with van der Waals surface area (Å²) in [6.45, 7) is 5.48. The Bertz CT molecular complexity index is 794. The highest BCUT2D eigenvalue weighted by molar-refractivity contribution is 7.90. The summed E-state index contributed by atoms with van der Waals surface area (Å²) in [5, 5.41) is 0. The Hall–Kier alpha value is -1.56. The average molecular weight is 362 g/mol. The van der Waals surface area contributed by atoms with Gasteiger partial charge in [0.05, 0.1) is 10.4 Å². The van der Waals surface area contributed by atoms with Crippen LogP contribution in [0.5, 0.6) is 0 Å². The summed E-state index contributed by atoms with van der Waals surface area (Å²) >= 11 is 0. The zero-order valence-corrected chi connectivity index (χ0v) is 15.8. The number of hydrogen-bond acceptors (Lipinski definition) is 3. The third kappa shape index (κ3) is 2.94. The maximum atomic E-state index is 12.7. The van der Waals surface area contributed by atoms with Crippen molar-refractivity contribution in [3.63, 3.8) is 0 Å². The number of amidine groups is 1. The van der Waals surface area contributed by atoms with Crippen LogP contribution in [-0.2, 0) is 14.8 Å². The normalized spacial score (nSPS) is 29.8. The number of piperidine rings is 1. The van der Waals surface area contributed by atoms with E-state index in [2.05, 4.69) is 16.2 Å². The molecule has 1 spiro atoms. The SMILES string of the molecule is Cc1ccc(S(=O)(=O)/N=C2/OCC3(C)CCC4(CCCC4)CN23)cc1. The fraction of sp³-hybridized carbons (Fsp3) is 0.632. The highest BCUT2D eigenvalue weighted by Gasteiger charge is 2.52. The van der Waals surface area contributed by atoms with Gasteiger partial charge in [0.1, 0.15) is 6.61 Å². The van der Waals surface area contributed by atoms with Gasteiger partial charge in [-0.25, -0.2) is 0 Å². The van der Waals surface area contributed by atoms with Crippen molar-refractivity contribution in [2.45, 2.75) is 62.8 Å². The molecule has 2 saturated heterocycles. The molecule has 1 aliphatic carbocycles. The minimum atomic E-state index is -3.75. The van der Waals surface area contributed by atoms with Gasteiger partial charge in [-0.2, -0.15) is 8.42 Å². The van der Waals surface area contributed by atoms with Gasteiger partial charge in [-0.05, 0) is 57.1 Å². The largest absolute Gasteiger partial charge is 0.462 e. The lowest BCUT2D eigenvalue weighted by Gasteiger charge is -2.46. The first-order chi connectivity index (χ1) is 11.8. The van der Waals surface area contributed by atoms with Gasteiger partial charge in [0.2, 0.25) is 0 Å². The van der Waals surface area contributed by atoms with E-state index < -0.39 is 10.0 Å². The number of nitrogens with zero attached hydrogens (tertiary/aromatic N) is 2. The molecule has 3 fully saturated rings. The predicted molar refractivity (Wildman–Crippen MR) is 97.0 cm³/mol. The van der Waals surface area contributed by atoms with Crippen molar-refractivity contribution in [3.8, 4) is 0 Å². The minimum absolute atomic E-state index is 0.129. The molecule has 6 heteroatoms. The van der Waals surface area contributed by atoms with Gasteiger partial charge in [0.25, 0.3) is 10.0 Å². The van der Waals surface area contributed by atoms with E-state index in [1.165, 1.54) is 32.1 Å². The standard InChI is InChI=1S/C19H26N2O3S/c1-15-5-7-16(8-6-15)25(22,23)20-17-21-13-19(9-3-4-10-19)12-11-18(21,2)14-24-17/h5-8H,3-4,9-14H2,1-2H3/b20-17+. The number of benzene rings is 1. The van der Waals surface area contributed by atoms with Crippen molar-refractivity contribution >= 4 is 16.0 Å². The fourth-order valence-corrected chi connectivity index (χ4v) is 5.44. The van der Waals surface area contributed by atoms with Crippen LogP contribution >= 0.6 is 0 Å². The van der Waals surface area contributed by atoms with Gasteiger partial charge < -0.3 is 9.64 Å². The Kier molecular flexibility index (Phi) is 3.87. The van der Waals surface area contributed by atoms with E-state index in [-0.39, 0.29) is 16.5 Å². The molecule has 25 heavy (non-hydrogen) atoms.